The van der Waals surface area contributed by atoms with Gasteiger partial charge >= 0.3 is 0 Å². The Morgan fingerprint density at radius 1 is 1.03 bits per heavy atom. The number of thioether (sulfide) groups is 1. The van der Waals surface area contributed by atoms with Crippen LogP contribution >= 0.6 is 11.8 Å². The number of carbonyl (C=O) groups excluding carboxylic acids is 1. The van der Waals surface area contributed by atoms with Crippen LogP contribution in [0.5, 0.6) is 0 Å². The van der Waals surface area contributed by atoms with Crippen LogP contribution in [0.1, 0.15) is 50.5 Å². The van der Waals surface area contributed by atoms with Crippen molar-refractivity contribution >= 4 is 33.8 Å². The lowest BCUT2D eigenvalue weighted by atomic mass is 9.87. The van der Waals surface area contributed by atoms with Crippen molar-refractivity contribution in [3.05, 3.63) is 41.3 Å². The predicted octanol–water partition coefficient (Wildman–Crippen LogP) is 3.93. The minimum atomic E-state index is -3.45. The lowest BCUT2D eigenvalue weighted by Crippen LogP contribution is -2.54. The molecule has 0 unspecified atom stereocenters. The normalized spacial score (nSPS) is 23.8. The van der Waals surface area contributed by atoms with E-state index >= 15 is 0 Å². The summed E-state index contributed by atoms with van der Waals surface area (Å²) in [5.41, 5.74) is 0.875. The molecule has 5 nitrogen and oxygen atoms in total. The van der Waals surface area contributed by atoms with Gasteiger partial charge in [-0.1, -0.05) is 49.6 Å². The highest BCUT2D eigenvalue weighted by Gasteiger charge is 2.48. The fourth-order valence-corrected chi connectivity index (χ4v) is 7.46. The van der Waals surface area contributed by atoms with Gasteiger partial charge in [-0.15, -0.1) is 11.8 Å². The van der Waals surface area contributed by atoms with E-state index in [2.05, 4.69) is 4.90 Å². The first-order chi connectivity index (χ1) is 14.0. The van der Waals surface area contributed by atoms with Crippen LogP contribution in [0.4, 0.5) is 0 Å². The monoisotopic (exact) mass is 434 g/mol. The Balaban J connectivity index is 1.41. The summed E-state index contributed by atoms with van der Waals surface area (Å²) in [6.45, 7) is 1.76. The second-order valence-corrected chi connectivity index (χ2v) is 11.6. The van der Waals surface area contributed by atoms with E-state index in [-0.39, 0.29) is 10.8 Å². The largest absolute Gasteiger partial charge is 0.327 e. The minimum absolute atomic E-state index is 0.176. The van der Waals surface area contributed by atoms with Crippen molar-refractivity contribution in [3.8, 4) is 0 Å². The van der Waals surface area contributed by atoms with Crippen molar-refractivity contribution in [2.24, 2.45) is 5.92 Å². The van der Waals surface area contributed by atoms with Crippen molar-refractivity contribution in [3.63, 3.8) is 0 Å². The number of nitrogens with zero attached hydrogens (tertiary/aromatic N) is 2. The van der Waals surface area contributed by atoms with Gasteiger partial charge in [0.1, 0.15) is 0 Å². The fourth-order valence-electron chi connectivity index (χ4n) is 4.81. The molecule has 1 aromatic carbocycles. The highest BCUT2D eigenvalue weighted by atomic mass is 32.2. The second-order valence-electron chi connectivity index (χ2n) is 8.28. The molecule has 2 aliphatic heterocycles. The summed E-state index contributed by atoms with van der Waals surface area (Å²) < 4.78 is 27.1. The van der Waals surface area contributed by atoms with Crippen molar-refractivity contribution in [2.75, 3.05) is 25.4 Å². The quantitative estimate of drug-likeness (QED) is 0.720. The predicted molar refractivity (Wildman–Crippen MR) is 119 cm³/mol. The van der Waals surface area contributed by atoms with Crippen LogP contribution in [0, 0.1) is 5.92 Å². The number of hydrogen-bond donors (Lipinski definition) is 0. The van der Waals surface area contributed by atoms with Gasteiger partial charge in [-0.2, -0.15) is 4.31 Å². The Bertz CT molecular complexity index is 840. The molecule has 2 saturated heterocycles. The lowest BCUT2D eigenvalue weighted by molar-refractivity contribution is -0.140. The van der Waals surface area contributed by atoms with Crippen LogP contribution in [0.2, 0.25) is 0 Å². The van der Waals surface area contributed by atoms with Gasteiger partial charge < -0.3 is 4.90 Å². The molecule has 1 amide bonds. The zero-order valence-corrected chi connectivity index (χ0v) is 18.5. The Morgan fingerprint density at radius 2 is 1.72 bits per heavy atom. The van der Waals surface area contributed by atoms with E-state index < -0.39 is 10.0 Å². The molecule has 1 spiro atoms. The average molecular weight is 435 g/mol. The molecule has 0 aromatic heterocycles. The molecular formula is C22H30N2O3S2. The van der Waals surface area contributed by atoms with Crippen molar-refractivity contribution in [2.45, 2.75) is 49.8 Å². The molecule has 1 saturated carbocycles. The third-order valence-corrected chi connectivity index (χ3v) is 9.61. The summed E-state index contributed by atoms with van der Waals surface area (Å²) in [5.74, 6) is 1.45. The van der Waals surface area contributed by atoms with Crippen molar-refractivity contribution < 1.29 is 13.2 Å². The molecule has 0 atom stereocenters. The maximum Gasteiger partial charge on any atom is 0.236 e. The molecule has 0 N–H and O–H groups in total. The maximum absolute atomic E-state index is 13.2. The molecular weight excluding hydrogens is 404 g/mol. The number of amides is 1. The molecule has 0 radical (unpaired) electrons. The summed E-state index contributed by atoms with van der Waals surface area (Å²) in [6, 6.07) is 9.48. The van der Waals surface area contributed by atoms with Crippen LogP contribution in [-0.4, -0.2) is 53.8 Å². The first-order valence-corrected chi connectivity index (χ1v) is 13.2. The van der Waals surface area contributed by atoms with Gasteiger partial charge in [-0.05, 0) is 37.3 Å². The molecule has 0 bridgehead atoms. The number of piperidine rings is 1. The highest BCUT2D eigenvalue weighted by Crippen LogP contribution is 2.45. The van der Waals surface area contributed by atoms with E-state index in [1.165, 1.54) is 11.8 Å². The number of sulfonamides is 1. The van der Waals surface area contributed by atoms with E-state index in [0.717, 1.165) is 43.5 Å². The van der Waals surface area contributed by atoms with Crippen molar-refractivity contribution in [1.29, 1.82) is 0 Å². The zero-order chi connectivity index (χ0) is 20.3. The fraction of sp³-hybridized carbons (Fsp3) is 0.591. The van der Waals surface area contributed by atoms with E-state index in [1.807, 2.05) is 42.1 Å². The first kappa shape index (κ1) is 20.9. The highest BCUT2D eigenvalue weighted by molar-refractivity contribution is 8.00. The van der Waals surface area contributed by atoms with Gasteiger partial charge in [0.25, 0.3) is 0 Å². The summed E-state index contributed by atoms with van der Waals surface area (Å²) in [6.07, 6.45) is 8.68. The Labute approximate surface area is 178 Å². The number of carbonyl (C=O) groups is 1. The Hall–Kier alpha value is -1.31. The van der Waals surface area contributed by atoms with Crippen LogP contribution in [0.15, 0.2) is 35.7 Å². The van der Waals surface area contributed by atoms with E-state index in [1.54, 1.807) is 10.4 Å². The van der Waals surface area contributed by atoms with Gasteiger partial charge in [0, 0.05) is 36.7 Å². The van der Waals surface area contributed by atoms with E-state index in [4.69, 9.17) is 0 Å². The maximum atomic E-state index is 13.2. The molecule has 158 valence electrons. The van der Waals surface area contributed by atoms with E-state index in [9.17, 15) is 13.2 Å². The van der Waals surface area contributed by atoms with Crippen LogP contribution < -0.4 is 0 Å². The lowest BCUT2D eigenvalue weighted by Gasteiger charge is -2.44. The molecule has 1 aromatic rings. The minimum Gasteiger partial charge on any atom is -0.327 e. The topological polar surface area (TPSA) is 57.7 Å². The summed E-state index contributed by atoms with van der Waals surface area (Å²) >= 11 is 1.85. The number of rotatable bonds is 4. The third-order valence-electron chi connectivity index (χ3n) is 6.49. The van der Waals surface area contributed by atoms with Crippen LogP contribution in [0.3, 0.4) is 0 Å². The molecule has 7 heteroatoms. The van der Waals surface area contributed by atoms with Gasteiger partial charge in [0.2, 0.25) is 15.9 Å². The summed E-state index contributed by atoms with van der Waals surface area (Å²) in [7, 11) is -3.45. The number of hydrogen-bond acceptors (Lipinski definition) is 4. The first-order valence-electron chi connectivity index (χ1n) is 10.7. The standard InChI is InChI=1S/C22H30N2O3S2/c25-21(20-9-5-2-6-10-20)24-16-17-28-22(24)12-14-23(15-13-22)29(26,27)18-11-19-7-3-1-4-8-19/h1,3-4,7-8,11,18,20H,2,5-6,9-10,12-17H2. The van der Waals surface area contributed by atoms with Crippen molar-refractivity contribution in [1.82, 2.24) is 9.21 Å². The third kappa shape index (κ3) is 4.57. The number of benzene rings is 1. The summed E-state index contributed by atoms with van der Waals surface area (Å²) in [5, 5.41) is 1.31. The van der Waals surface area contributed by atoms with Crippen LogP contribution in [-0.2, 0) is 14.8 Å². The SMILES string of the molecule is O=C(C1CCCCC1)N1CCSC12CCN(S(=O)(=O)C=Cc1ccccc1)CC2. The molecule has 4 rings (SSSR count). The van der Waals surface area contributed by atoms with Gasteiger partial charge in [-0.25, -0.2) is 8.42 Å². The molecule has 3 fully saturated rings. The Morgan fingerprint density at radius 3 is 2.41 bits per heavy atom. The molecule has 29 heavy (non-hydrogen) atoms. The smallest absolute Gasteiger partial charge is 0.236 e. The van der Waals surface area contributed by atoms with Crippen LogP contribution in [0.25, 0.3) is 6.08 Å². The summed E-state index contributed by atoms with van der Waals surface area (Å²) in [4.78, 5) is 15.1. The average Bonchev–Trinajstić information content (AvgIpc) is 3.16. The van der Waals surface area contributed by atoms with Gasteiger partial charge in [0.05, 0.1) is 4.87 Å². The molecule has 3 aliphatic rings. The molecule has 1 aliphatic carbocycles. The van der Waals surface area contributed by atoms with Gasteiger partial charge in [-0.3, -0.25) is 4.79 Å². The van der Waals surface area contributed by atoms with Gasteiger partial charge in [0.15, 0.2) is 0 Å². The zero-order valence-electron chi connectivity index (χ0n) is 16.8. The second kappa shape index (κ2) is 8.82. The van der Waals surface area contributed by atoms with E-state index in [0.29, 0.717) is 31.8 Å². The molecule has 2 heterocycles. The Kier molecular flexibility index (Phi) is 6.37.